The molecule has 0 aliphatic rings. The maximum Gasteiger partial charge on any atom is 0.406 e. The van der Waals surface area contributed by atoms with Crippen LogP contribution in [0.15, 0.2) is 24.3 Å². The Hall–Kier alpha value is -1.01. The highest BCUT2D eigenvalue weighted by atomic mass is 35.5. The third kappa shape index (κ3) is 3.26. The molecule has 1 heterocycles. The molecule has 0 amide bonds. The summed E-state index contributed by atoms with van der Waals surface area (Å²) in [6.07, 6.45) is -4.26. The van der Waals surface area contributed by atoms with E-state index >= 15 is 0 Å². The van der Waals surface area contributed by atoms with Crippen LogP contribution < -0.4 is 4.90 Å². The predicted octanol–water partition coefficient (Wildman–Crippen LogP) is 3.90. The van der Waals surface area contributed by atoms with Crippen LogP contribution in [0.5, 0.6) is 0 Å². The third-order valence-electron chi connectivity index (χ3n) is 2.28. The van der Waals surface area contributed by atoms with Crippen molar-refractivity contribution in [2.45, 2.75) is 6.18 Å². The van der Waals surface area contributed by atoms with Crippen molar-refractivity contribution < 1.29 is 13.2 Å². The molecule has 18 heavy (non-hydrogen) atoms. The molecule has 0 aliphatic heterocycles. The molecule has 2 nitrogen and oxygen atoms in total. The van der Waals surface area contributed by atoms with Crippen molar-refractivity contribution in [2.75, 3.05) is 23.9 Å². The number of aromatic nitrogens is 1. The average molecular weight is 295 g/mol. The average Bonchev–Trinajstić information content (AvgIpc) is 2.70. The molecule has 0 bridgehead atoms. The summed E-state index contributed by atoms with van der Waals surface area (Å²) in [5, 5.41) is 0.356. The van der Waals surface area contributed by atoms with E-state index in [2.05, 4.69) is 4.98 Å². The van der Waals surface area contributed by atoms with Crippen LogP contribution in [0.2, 0.25) is 0 Å². The Kier molecular flexibility index (Phi) is 3.97. The maximum atomic E-state index is 12.5. The first-order valence-corrected chi connectivity index (χ1v) is 6.58. The van der Waals surface area contributed by atoms with Crippen LogP contribution in [0.25, 0.3) is 10.2 Å². The summed E-state index contributed by atoms with van der Waals surface area (Å²) in [6, 6.07) is 7.26. The van der Waals surface area contributed by atoms with E-state index in [4.69, 9.17) is 11.6 Å². The summed E-state index contributed by atoms with van der Waals surface area (Å²) in [5.74, 6) is 0.131. The van der Waals surface area contributed by atoms with E-state index < -0.39 is 12.7 Å². The zero-order valence-corrected chi connectivity index (χ0v) is 10.8. The highest BCUT2D eigenvalue weighted by molar-refractivity contribution is 7.22. The number of nitrogens with zero attached hydrogens (tertiary/aromatic N) is 2. The molecule has 0 aliphatic carbocycles. The first kappa shape index (κ1) is 13.4. The molecule has 0 spiro atoms. The predicted molar refractivity (Wildman–Crippen MR) is 68.6 cm³/mol. The van der Waals surface area contributed by atoms with Gasteiger partial charge in [0.15, 0.2) is 5.13 Å². The van der Waals surface area contributed by atoms with Gasteiger partial charge in [0.05, 0.1) is 10.2 Å². The van der Waals surface area contributed by atoms with Gasteiger partial charge in [-0.25, -0.2) is 4.98 Å². The fraction of sp³-hybridized carbons (Fsp3) is 0.364. The van der Waals surface area contributed by atoms with Crippen LogP contribution >= 0.6 is 22.9 Å². The van der Waals surface area contributed by atoms with Gasteiger partial charge in [-0.1, -0.05) is 23.5 Å². The van der Waals surface area contributed by atoms with E-state index in [0.29, 0.717) is 10.6 Å². The number of hydrogen-bond acceptors (Lipinski definition) is 3. The molecule has 7 heteroatoms. The molecule has 0 N–H and O–H groups in total. The molecule has 2 aromatic rings. The van der Waals surface area contributed by atoms with Crippen LogP contribution in [0, 0.1) is 0 Å². The summed E-state index contributed by atoms with van der Waals surface area (Å²) in [4.78, 5) is 5.37. The van der Waals surface area contributed by atoms with Gasteiger partial charge >= 0.3 is 6.18 Å². The number of thiazole rings is 1. The summed E-state index contributed by atoms with van der Waals surface area (Å²) in [7, 11) is 0. The largest absolute Gasteiger partial charge is 0.406 e. The first-order chi connectivity index (χ1) is 8.49. The van der Waals surface area contributed by atoms with Gasteiger partial charge in [-0.15, -0.1) is 11.6 Å². The summed E-state index contributed by atoms with van der Waals surface area (Å²) in [5.41, 5.74) is 0.708. The Labute approximate surface area is 111 Å². The molecule has 0 atom stereocenters. The van der Waals surface area contributed by atoms with Crippen LogP contribution in [0.3, 0.4) is 0 Å². The quantitative estimate of drug-likeness (QED) is 0.795. The minimum atomic E-state index is -4.26. The highest BCUT2D eigenvalue weighted by Crippen LogP contribution is 2.30. The van der Waals surface area contributed by atoms with Crippen molar-refractivity contribution in [3.63, 3.8) is 0 Å². The van der Waals surface area contributed by atoms with E-state index in [-0.39, 0.29) is 12.4 Å². The van der Waals surface area contributed by atoms with Crippen LogP contribution in [-0.4, -0.2) is 30.1 Å². The fourth-order valence-corrected chi connectivity index (χ4v) is 2.75. The summed E-state index contributed by atoms with van der Waals surface area (Å²) in [6.45, 7) is -0.902. The minimum absolute atomic E-state index is 0.126. The lowest BCUT2D eigenvalue weighted by Gasteiger charge is -2.21. The molecule has 0 fully saturated rings. The number of fused-ring (bicyclic) bond motifs is 1. The zero-order valence-electron chi connectivity index (χ0n) is 9.25. The van der Waals surface area contributed by atoms with Crippen molar-refractivity contribution >= 4 is 38.3 Å². The van der Waals surface area contributed by atoms with Gasteiger partial charge < -0.3 is 4.90 Å². The van der Waals surface area contributed by atoms with Gasteiger partial charge in [0.1, 0.15) is 6.54 Å². The lowest BCUT2D eigenvalue weighted by atomic mass is 10.3. The maximum absolute atomic E-state index is 12.5. The monoisotopic (exact) mass is 294 g/mol. The van der Waals surface area contributed by atoms with Crippen molar-refractivity contribution in [3.8, 4) is 0 Å². The van der Waals surface area contributed by atoms with Crippen LogP contribution in [0.1, 0.15) is 0 Å². The van der Waals surface area contributed by atoms with E-state index in [1.165, 1.54) is 11.3 Å². The smallest absolute Gasteiger partial charge is 0.338 e. The summed E-state index contributed by atoms with van der Waals surface area (Å²) >= 11 is 6.78. The van der Waals surface area contributed by atoms with E-state index in [1.807, 2.05) is 18.2 Å². The van der Waals surface area contributed by atoms with E-state index in [9.17, 15) is 13.2 Å². The van der Waals surface area contributed by atoms with Crippen molar-refractivity contribution in [2.24, 2.45) is 0 Å². The Bertz CT molecular complexity index is 493. The van der Waals surface area contributed by atoms with Gasteiger partial charge in [0, 0.05) is 12.4 Å². The van der Waals surface area contributed by atoms with Gasteiger partial charge in [0.2, 0.25) is 0 Å². The topological polar surface area (TPSA) is 16.1 Å². The van der Waals surface area contributed by atoms with E-state index in [1.54, 1.807) is 6.07 Å². The molecule has 1 aromatic carbocycles. The number of rotatable bonds is 4. The Morgan fingerprint density at radius 3 is 2.61 bits per heavy atom. The van der Waals surface area contributed by atoms with Crippen LogP contribution in [0.4, 0.5) is 18.3 Å². The van der Waals surface area contributed by atoms with E-state index in [0.717, 1.165) is 9.60 Å². The molecular weight excluding hydrogens is 285 g/mol. The molecule has 98 valence electrons. The number of para-hydroxylation sites is 1. The Morgan fingerprint density at radius 1 is 1.28 bits per heavy atom. The standard InChI is InChI=1S/C11H10ClF3N2S/c12-5-6-17(7-11(13,14)15)10-16-8-3-1-2-4-9(8)18-10/h1-4H,5-7H2. The SMILES string of the molecule is FC(F)(F)CN(CCCl)c1nc2ccccc2s1. The second kappa shape index (κ2) is 5.32. The minimum Gasteiger partial charge on any atom is -0.338 e. The molecular formula is C11H10ClF3N2S. The van der Waals surface area contributed by atoms with Gasteiger partial charge in [-0.05, 0) is 12.1 Å². The van der Waals surface area contributed by atoms with Gasteiger partial charge in [-0.3, -0.25) is 0 Å². The molecule has 1 aromatic heterocycles. The number of hydrogen-bond donors (Lipinski definition) is 0. The molecule has 0 unspecified atom stereocenters. The van der Waals surface area contributed by atoms with Crippen LogP contribution in [-0.2, 0) is 0 Å². The molecule has 0 radical (unpaired) electrons. The lowest BCUT2D eigenvalue weighted by molar-refractivity contribution is -0.119. The molecule has 0 saturated heterocycles. The lowest BCUT2D eigenvalue weighted by Crippen LogP contribution is -2.35. The Morgan fingerprint density at radius 2 is 2.00 bits per heavy atom. The molecule has 0 saturated carbocycles. The molecule has 2 rings (SSSR count). The third-order valence-corrected chi connectivity index (χ3v) is 3.54. The van der Waals surface area contributed by atoms with Crippen molar-refractivity contribution in [1.82, 2.24) is 4.98 Å². The normalized spacial score (nSPS) is 12.0. The number of alkyl halides is 4. The first-order valence-electron chi connectivity index (χ1n) is 5.23. The van der Waals surface area contributed by atoms with Crippen molar-refractivity contribution in [3.05, 3.63) is 24.3 Å². The Balaban J connectivity index is 2.29. The fourth-order valence-electron chi connectivity index (χ4n) is 1.56. The zero-order chi connectivity index (χ0) is 13.2. The second-order valence-corrected chi connectivity index (χ2v) is 5.08. The van der Waals surface area contributed by atoms with Gasteiger partial charge in [-0.2, -0.15) is 13.2 Å². The number of benzene rings is 1. The number of anilines is 1. The van der Waals surface area contributed by atoms with Gasteiger partial charge in [0.25, 0.3) is 0 Å². The number of halogens is 4. The second-order valence-electron chi connectivity index (χ2n) is 3.69. The van der Waals surface area contributed by atoms with Crippen molar-refractivity contribution in [1.29, 1.82) is 0 Å². The highest BCUT2D eigenvalue weighted by Gasteiger charge is 2.31. The summed E-state index contributed by atoms with van der Waals surface area (Å²) < 4.78 is 38.3.